The van der Waals surface area contributed by atoms with E-state index in [1.807, 2.05) is 37.3 Å². The van der Waals surface area contributed by atoms with Crippen LogP contribution in [0.15, 0.2) is 47.4 Å². The SMILES string of the molecule is Cc1ccc(SCc2ccc(C(=O)O)cc2)c(N)c1. The quantitative estimate of drug-likeness (QED) is 0.660. The Kier molecular flexibility index (Phi) is 4.12. The third-order valence-electron chi connectivity index (χ3n) is 2.76. The van der Waals surface area contributed by atoms with Gasteiger partial charge in [0.25, 0.3) is 0 Å². The molecule has 0 saturated heterocycles. The molecule has 98 valence electrons. The Labute approximate surface area is 116 Å². The minimum absolute atomic E-state index is 0.309. The summed E-state index contributed by atoms with van der Waals surface area (Å²) in [5.41, 5.74) is 9.27. The van der Waals surface area contributed by atoms with Crippen molar-refractivity contribution in [2.24, 2.45) is 0 Å². The maximum Gasteiger partial charge on any atom is 0.335 e. The molecule has 4 heteroatoms. The summed E-state index contributed by atoms with van der Waals surface area (Å²) in [4.78, 5) is 11.8. The summed E-state index contributed by atoms with van der Waals surface area (Å²) in [6, 6.07) is 12.9. The Morgan fingerprint density at radius 3 is 2.47 bits per heavy atom. The molecule has 0 aromatic heterocycles. The molecule has 0 saturated carbocycles. The van der Waals surface area contributed by atoms with E-state index in [9.17, 15) is 4.79 Å². The topological polar surface area (TPSA) is 63.3 Å². The summed E-state index contributed by atoms with van der Waals surface area (Å²) in [5, 5.41) is 8.82. The minimum Gasteiger partial charge on any atom is -0.478 e. The monoisotopic (exact) mass is 273 g/mol. The second-order valence-electron chi connectivity index (χ2n) is 4.33. The fraction of sp³-hybridized carbons (Fsp3) is 0.133. The molecule has 2 aromatic rings. The molecule has 0 amide bonds. The van der Waals surface area contributed by atoms with Crippen LogP contribution in [-0.2, 0) is 5.75 Å². The van der Waals surface area contributed by atoms with Crippen molar-refractivity contribution in [1.82, 2.24) is 0 Å². The van der Waals surface area contributed by atoms with Gasteiger partial charge in [-0.25, -0.2) is 4.79 Å². The van der Waals surface area contributed by atoms with Crippen LogP contribution in [0.1, 0.15) is 21.5 Å². The van der Waals surface area contributed by atoms with Gasteiger partial charge in [-0.1, -0.05) is 18.2 Å². The first-order chi connectivity index (χ1) is 9.06. The number of rotatable bonds is 4. The molecule has 0 spiro atoms. The first-order valence-corrected chi connectivity index (χ1v) is 6.86. The highest BCUT2D eigenvalue weighted by Gasteiger charge is 2.04. The van der Waals surface area contributed by atoms with Crippen molar-refractivity contribution >= 4 is 23.4 Å². The standard InChI is InChI=1S/C15H15NO2S/c1-10-2-7-14(13(16)8-10)19-9-11-3-5-12(6-4-11)15(17)18/h2-8H,9,16H2,1H3,(H,17,18). The van der Waals surface area contributed by atoms with Crippen molar-refractivity contribution in [1.29, 1.82) is 0 Å². The van der Waals surface area contributed by atoms with Gasteiger partial charge in [-0.15, -0.1) is 11.8 Å². The lowest BCUT2D eigenvalue weighted by Crippen LogP contribution is -1.95. The number of aryl methyl sites for hydroxylation is 1. The molecule has 0 fully saturated rings. The first-order valence-electron chi connectivity index (χ1n) is 5.87. The van der Waals surface area contributed by atoms with E-state index in [2.05, 4.69) is 0 Å². The lowest BCUT2D eigenvalue weighted by molar-refractivity contribution is 0.0697. The van der Waals surface area contributed by atoms with Gasteiger partial charge in [0, 0.05) is 16.3 Å². The molecule has 0 bridgehead atoms. The van der Waals surface area contributed by atoms with Crippen LogP contribution >= 0.6 is 11.8 Å². The van der Waals surface area contributed by atoms with Gasteiger partial charge in [0.05, 0.1) is 5.56 Å². The second-order valence-corrected chi connectivity index (χ2v) is 5.35. The van der Waals surface area contributed by atoms with E-state index in [0.29, 0.717) is 5.56 Å². The summed E-state index contributed by atoms with van der Waals surface area (Å²) in [6.45, 7) is 2.01. The Hall–Kier alpha value is -1.94. The predicted octanol–water partition coefficient (Wildman–Crippen LogP) is 3.57. The van der Waals surface area contributed by atoms with Crippen molar-refractivity contribution in [2.75, 3.05) is 5.73 Å². The third-order valence-corrected chi connectivity index (χ3v) is 3.92. The van der Waals surface area contributed by atoms with Gasteiger partial charge in [0.1, 0.15) is 0 Å². The van der Waals surface area contributed by atoms with E-state index in [1.165, 1.54) is 0 Å². The van der Waals surface area contributed by atoms with Crippen molar-refractivity contribution in [3.63, 3.8) is 0 Å². The highest BCUT2D eigenvalue weighted by atomic mass is 32.2. The van der Waals surface area contributed by atoms with Gasteiger partial charge in [0.15, 0.2) is 0 Å². The molecule has 3 nitrogen and oxygen atoms in total. The average molecular weight is 273 g/mol. The van der Waals surface area contributed by atoms with Crippen molar-refractivity contribution in [2.45, 2.75) is 17.6 Å². The largest absolute Gasteiger partial charge is 0.478 e. The molecule has 0 atom stereocenters. The van der Waals surface area contributed by atoms with Crippen molar-refractivity contribution in [3.05, 3.63) is 59.2 Å². The van der Waals surface area contributed by atoms with Gasteiger partial charge >= 0.3 is 5.97 Å². The van der Waals surface area contributed by atoms with E-state index in [-0.39, 0.29) is 0 Å². The molecule has 0 aliphatic carbocycles. The first kappa shape index (κ1) is 13.5. The van der Waals surface area contributed by atoms with E-state index < -0.39 is 5.97 Å². The van der Waals surface area contributed by atoms with Gasteiger partial charge in [0.2, 0.25) is 0 Å². The normalized spacial score (nSPS) is 10.4. The number of hydrogen-bond donors (Lipinski definition) is 2. The van der Waals surface area contributed by atoms with Crippen LogP contribution in [0.3, 0.4) is 0 Å². The van der Waals surface area contributed by atoms with Crippen LogP contribution in [-0.4, -0.2) is 11.1 Å². The minimum atomic E-state index is -0.901. The van der Waals surface area contributed by atoms with Gasteiger partial charge < -0.3 is 10.8 Å². The fourth-order valence-electron chi connectivity index (χ4n) is 1.70. The number of carboxylic acid groups (broad SMARTS) is 1. The van der Waals surface area contributed by atoms with Crippen LogP contribution in [0.4, 0.5) is 5.69 Å². The smallest absolute Gasteiger partial charge is 0.335 e. The molecule has 0 aliphatic heterocycles. The van der Waals surface area contributed by atoms with E-state index >= 15 is 0 Å². The third kappa shape index (κ3) is 3.51. The number of anilines is 1. The Bertz CT molecular complexity index is 594. The van der Waals surface area contributed by atoms with E-state index in [0.717, 1.165) is 27.5 Å². The molecule has 3 N–H and O–H groups in total. The Balaban J connectivity index is 2.04. The number of hydrogen-bond acceptors (Lipinski definition) is 3. The number of carbonyl (C=O) groups is 1. The van der Waals surface area contributed by atoms with Crippen molar-refractivity contribution < 1.29 is 9.90 Å². The maximum atomic E-state index is 10.7. The number of aromatic carboxylic acids is 1. The molecule has 0 radical (unpaired) electrons. The summed E-state index contributed by atoms with van der Waals surface area (Å²) in [6.07, 6.45) is 0. The molecule has 19 heavy (non-hydrogen) atoms. The zero-order valence-corrected chi connectivity index (χ0v) is 11.4. The number of benzene rings is 2. The molecule has 2 aromatic carbocycles. The second kappa shape index (κ2) is 5.80. The Morgan fingerprint density at radius 1 is 1.21 bits per heavy atom. The maximum absolute atomic E-state index is 10.7. The van der Waals surface area contributed by atoms with E-state index in [1.54, 1.807) is 23.9 Å². The van der Waals surface area contributed by atoms with Gasteiger partial charge in [-0.2, -0.15) is 0 Å². The molecule has 0 unspecified atom stereocenters. The Morgan fingerprint density at radius 2 is 1.89 bits per heavy atom. The number of thioether (sulfide) groups is 1. The molecular formula is C15H15NO2S. The number of carboxylic acids is 1. The summed E-state index contributed by atoms with van der Waals surface area (Å²) < 4.78 is 0. The highest BCUT2D eigenvalue weighted by Crippen LogP contribution is 2.28. The van der Waals surface area contributed by atoms with Crippen LogP contribution in [0, 0.1) is 6.92 Å². The summed E-state index contributed by atoms with van der Waals surface area (Å²) in [7, 11) is 0. The predicted molar refractivity (Wildman–Crippen MR) is 78.6 cm³/mol. The van der Waals surface area contributed by atoms with Crippen LogP contribution in [0.25, 0.3) is 0 Å². The molecule has 0 aliphatic rings. The van der Waals surface area contributed by atoms with Crippen molar-refractivity contribution in [3.8, 4) is 0 Å². The average Bonchev–Trinajstić information content (AvgIpc) is 2.38. The van der Waals surface area contributed by atoms with Gasteiger partial charge in [-0.3, -0.25) is 0 Å². The fourth-order valence-corrected chi connectivity index (χ4v) is 2.61. The number of nitrogen functional groups attached to an aromatic ring is 1. The summed E-state index contributed by atoms with van der Waals surface area (Å²) in [5.74, 6) is -0.130. The molecule has 0 heterocycles. The van der Waals surface area contributed by atoms with E-state index in [4.69, 9.17) is 10.8 Å². The molecular weight excluding hydrogens is 258 g/mol. The van der Waals surface area contributed by atoms with Crippen LogP contribution in [0.2, 0.25) is 0 Å². The van der Waals surface area contributed by atoms with Gasteiger partial charge in [-0.05, 0) is 42.3 Å². The lowest BCUT2D eigenvalue weighted by atomic mass is 10.1. The zero-order valence-electron chi connectivity index (χ0n) is 10.6. The van der Waals surface area contributed by atoms with Crippen LogP contribution < -0.4 is 5.73 Å². The zero-order chi connectivity index (χ0) is 13.8. The lowest BCUT2D eigenvalue weighted by Gasteiger charge is -2.06. The number of nitrogens with two attached hydrogens (primary N) is 1. The summed E-state index contributed by atoms with van der Waals surface area (Å²) >= 11 is 1.65. The van der Waals surface area contributed by atoms with Crippen LogP contribution in [0.5, 0.6) is 0 Å². The highest BCUT2D eigenvalue weighted by molar-refractivity contribution is 7.98. The molecule has 2 rings (SSSR count).